The van der Waals surface area contributed by atoms with Crippen LogP contribution in [0.2, 0.25) is 0 Å². The zero-order valence-electron chi connectivity index (χ0n) is 18.7. The Morgan fingerprint density at radius 1 is 0.939 bits per heavy atom. The largest absolute Gasteiger partial charge is 0.338 e. The fourth-order valence-corrected chi connectivity index (χ4v) is 4.64. The lowest BCUT2D eigenvalue weighted by molar-refractivity contribution is 0.0704. The maximum atomic E-state index is 13.5. The van der Waals surface area contributed by atoms with Gasteiger partial charge in [-0.2, -0.15) is 5.10 Å². The molecule has 1 atom stereocenters. The van der Waals surface area contributed by atoms with E-state index in [9.17, 15) is 4.79 Å². The summed E-state index contributed by atoms with van der Waals surface area (Å²) in [5.41, 5.74) is 5.18. The van der Waals surface area contributed by atoms with Crippen molar-refractivity contribution in [3.8, 4) is 0 Å². The van der Waals surface area contributed by atoms with Gasteiger partial charge in [0.15, 0.2) is 0 Å². The van der Waals surface area contributed by atoms with E-state index < -0.39 is 0 Å². The van der Waals surface area contributed by atoms with Gasteiger partial charge in [-0.3, -0.25) is 14.5 Å². The number of hydrogen-bond donors (Lipinski definition) is 0. The van der Waals surface area contributed by atoms with Crippen molar-refractivity contribution in [1.82, 2.24) is 19.7 Å². The highest BCUT2D eigenvalue weighted by Gasteiger charge is 2.27. The fourth-order valence-electron chi connectivity index (χ4n) is 4.64. The highest BCUT2D eigenvalue weighted by Crippen LogP contribution is 2.27. The van der Waals surface area contributed by atoms with Gasteiger partial charge in [0.1, 0.15) is 0 Å². The number of carbonyl (C=O) groups excluding carboxylic acids is 1. The predicted octanol–water partition coefficient (Wildman–Crippen LogP) is 4.94. The van der Waals surface area contributed by atoms with Crippen molar-refractivity contribution in [2.24, 2.45) is 0 Å². The molecule has 0 spiro atoms. The summed E-state index contributed by atoms with van der Waals surface area (Å²) in [7, 11) is 0. The summed E-state index contributed by atoms with van der Waals surface area (Å²) in [4.78, 5) is 20.5. The number of aromatic nitrogens is 3. The van der Waals surface area contributed by atoms with E-state index >= 15 is 0 Å². The average Bonchev–Trinajstić information content (AvgIpc) is 3.38. The number of nitrogens with zero attached hydrogens (tertiary/aromatic N) is 4. The van der Waals surface area contributed by atoms with Crippen LogP contribution in [0.15, 0.2) is 91.3 Å². The summed E-state index contributed by atoms with van der Waals surface area (Å²) < 4.78 is 1.85. The second-order valence-electron chi connectivity index (χ2n) is 8.67. The molecule has 1 saturated heterocycles. The van der Waals surface area contributed by atoms with E-state index in [1.165, 1.54) is 5.56 Å². The maximum Gasteiger partial charge on any atom is 0.254 e. The quantitative estimate of drug-likeness (QED) is 0.430. The molecule has 3 heterocycles. The number of benzene rings is 2. The Kier molecular flexibility index (Phi) is 6.29. The minimum absolute atomic E-state index is 0.0999. The Morgan fingerprint density at radius 3 is 2.64 bits per heavy atom. The van der Waals surface area contributed by atoms with Gasteiger partial charge < -0.3 is 4.90 Å². The van der Waals surface area contributed by atoms with Crippen LogP contribution in [-0.2, 0) is 13.0 Å². The van der Waals surface area contributed by atoms with E-state index in [0.29, 0.717) is 13.1 Å². The molecule has 1 amide bonds. The highest BCUT2D eigenvalue weighted by molar-refractivity contribution is 5.95. The molecule has 4 aromatic rings. The zero-order chi connectivity index (χ0) is 22.5. The molecule has 0 radical (unpaired) electrons. The fraction of sp³-hybridized carbons (Fsp3) is 0.250. The third kappa shape index (κ3) is 5.03. The predicted molar refractivity (Wildman–Crippen MR) is 129 cm³/mol. The molecule has 2 aromatic carbocycles. The number of piperidine rings is 1. The van der Waals surface area contributed by atoms with Gasteiger partial charge >= 0.3 is 0 Å². The topological polar surface area (TPSA) is 51.0 Å². The van der Waals surface area contributed by atoms with E-state index in [0.717, 1.165) is 48.3 Å². The molecule has 0 bridgehead atoms. The minimum atomic E-state index is 0.0999. The summed E-state index contributed by atoms with van der Waals surface area (Å²) >= 11 is 0. The van der Waals surface area contributed by atoms with Crippen molar-refractivity contribution < 1.29 is 4.79 Å². The van der Waals surface area contributed by atoms with Crippen molar-refractivity contribution in [2.75, 3.05) is 13.1 Å². The van der Waals surface area contributed by atoms with Crippen LogP contribution in [0.25, 0.3) is 0 Å². The summed E-state index contributed by atoms with van der Waals surface area (Å²) in [6, 6.07) is 26.5. The molecule has 0 saturated carbocycles. The molecular weight excluding hydrogens is 408 g/mol. The van der Waals surface area contributed by atoms with Gasteiger partial charge in [0.2, 0.25) is 0 Å². The molecular formula is C28H28N4O. The Labute approximate surface area is 194 Å². The first-order valence-corrected chi connectivity index (χ1v) is 11.6. The van der Waals surface area contributed by atoms with E-state index in [1.807, 2.05) is 52.2 Å². The average molecular weight is 437 g/mol. The van der Waals surface area contributed by atoms with Gasteiger partial charge in [0, 0.05) is 54.8 Å². The Hall–Kier alpha value is -3.73. The van der Waals surface area contributed by atoms with Gasteiger partial charge in [-0.05, 0) is 48.2 Å². The second-order valence-corrected chi connectivity index (χ2v) is 8.67. The number of carbonyl (C=O) groups is 1. The third-order valence-electron chi connectivity index (χ3n) is 6.32. The van der Waals surface area contributed by atoms with E-state index in [4.69, 9.17) is 4.98 Å². The van der Waals surface area contributed by atoms with Gasteiger partial charge in [0.25, 0.3) is 5.91 Å². The second kappa shape index (κ2) is 9.82. The molecule has 166 valence electrons. The minimum Gasteiger partial charge on any atom is -0.338 e. The zero-order valence-corrected chi connectivity index (χ0v) is 18.7. The molecule has 1 unspecified atom stereocenters. The molecule has 5 rings (SSSR count). The van der Waals surface area contributed by atoms with Gasteiger partial charge in [0.05, 0.1) is 6.54 Å². The van der Waals surface area contributed by atoms with Crippen molar-refractivity contribution >= 4 is 5.91 Å². The molecule has 0 N–H and O–H groups in total. The number of amides is 1. The highest BCUT2D eigenvalue weighted by atomic mass is 16.2. The van der Waals surface area contributed by atoms with Crippen LogP contribution in [0.4, 0.5) is 0 Å². The van der Waals surface area contributed by atoms with Crippen LogP contribution >= 0.6 is 0 Å². The van der Waals surface area contributed by atoms with Crippen molar-refractivity contribution in [2.45, 2.75) is 31.7 Å². The smallest absolute Gasteiger partial charge is 0.254 e. The Morgan fingerprint density at radius 2 is 1.79 bits per heavy atom. The molecule has 1 fully saturated rings. The third-order valence-corrected chi connectivity index (χ3v) is 6.32. The van der Waals surface area contributed by atoms with Gasteiger partial charge in [-0.1, -0.05) is 54.6 Å². The lowest BCUT2D eigenvalue weighted by Gasteiger charge is -2.33. The molecule has 2 aromatic heterocycles. The SMILES string of the molecule is O=C(c1ccccc1Cn1cccn1)N1CCCC(c2cccc(Cc3ccccc3)n2)C1. The first-order chi connectivity index (χ1) is 16.3. The maximum absolute atomic E-state index is 13.5. The molecule has 5 nitrogen and oxygen atoms in total. The standard InChI is InChI=1S/C28H28N4O/c33-28(26-14-5-4-11-23(26)21-32-18-8-16-29-32)31-17-7-12-24(20-31)27-15-6-13-25(30-27)19-22-9-2-1-3-10-22/h1-6,8-11,13-16,18,24H,7,12,17,19-21H2. The lowest BCUT2D eigenvalue weighted by Crippen LogP contribution is -2.39. The Bertz CT molecular complexity index is 1200. The normalized spacial score (nSPS) is 16.0. The Balaban J connectivity index is 1.32. The van der Waals surface area contributed by atoms with Crippen LogP contribution in [0.3, 0.4) is 0 Å². The van der Waals surface area contributed by atoms with Gasteiger partial charge in [-0.25, -0.2) is 0 Å². The van der Waals surface area contributed by atoms with Crippen molar-refractivity contribution in [3.05, 3.63) is 119 Å². The van der Waals surface area contributed by atoms with Crippen LogP contribution in [0.1, 0.15) is 51.6 Å². The number of pyridine rings is 1. The van der Waals surface area contributed by atoms with E-state index in [2.05, 4.69) is 47.6 Å². The lowest BCUT2D eigenvalue weighted by atomic mass is 9.93. The molecule has 0 aliphatic carbocycles. The monoisotopic (exact) mass is 436 g/mol. The first-order valence-electron chi connectivity index (χ1n) is 11.6. The van der Waals surface area contributed by atoms with Crippen LogP contribution in [0, 0.1) is 0 Å². The van der Waals surface area contributed by atoms with E-state index in [1.54, 1.807) is 6.20 Å². The van der Waals surface area contributed by atoms with Crippen LogP contribution < -0.4 is 0 Å². The summed E-state index contributed by atoms with van der Waals surface area (Å²) in [6.07, 6.45) is 6.55. The van der Waals surface area contributed by atoms with Crippen LogP contribution in [-0.4, -0.2) is 38.7 Å². The molecule has 1 aliphatic rings. The summed E-state index contributed by atoms with van der Waals surface area (Å²) in [6.45, 7) is 2.08. The number of rotatable bonds is 6. The summed E-state index contributed by atoms with van der Waals surface area (Å²) in [5.74, 6) is 0.361. The number of hydrogen-bond acceptors (Lipinski definition) is 3. The number of likely N-dealkylation sites (tertiary alicyclic amines) is 1. The summed E-state index contributed by atoms with van der Waals surface area (Å²) in [5, 5.41) is 4.30. The van der Waals surface area contributed by atoms with Crippen molar-refractivity contribution in [1.29, 1.82) is 0 Å². The van der Waals surface area contributed by atoms with Crippen LogP contribution in [0.5, 0.6) is 0 Å². The molecule has 33 heavy (non-hydrogen) atoms. The van der Waals surface area contributed by atoms with E-state index in [-0.39, 0.29) is 11.8 Å². The van der Waals surface area contributed by atoms with Crippen molar-refractivity contribution in [3.63, 3.8) is 0 Å². The first kappa shape index (κ1) is 21.1. The molecule has 1 aliphatic heterocycles. The molecule has 5 heteroatoms. The van der Waals surface area contributed by atoms with Gasteiger partial charge in [-0.15, -0.1) is 0 Å².